The molecule has 0 saturated carbocycles. The van der Waals surface area contributed by atoms with Crippen LogP contribution in [0.15, 0.2) is 24.3 Å². The predicted molar refractivity (Wildman–Crippen MR) is 78.2 cm³/mol. The highest BCUT2D eigenvalue weighted by Crippen LogP contribution is 2.17. The van der Waals surface area contributed by atoms with Crippen molar-refractivity contribution in [3.8, 4) is 5.75 Å². The fraction of sp³-hybridized carbons (Fsp3) is 0.571. The lowest BCUT2D eigenvalue weighted by Crippen LogP contribution is -2.33. The first-order valence-corrected chi connectivity index (χ1v) is 7.76. The number of hydrogen-bond acceptors (Lipinski definition) is 4. The maximum Gasteiger partial charge on any atom is 0.123 e. The quantitative estimate of drug-likeness (QED) is 0.799. The topological polar surface area (TPSA) is 38.5 Å². The SMILES string of the molecule is NCc1ccccc1OCCCN1CCSCC1. The van der Waals surface area contributed by atoms with Crippen molar-refractivity contribution in [2.24, 2.45) is 5.73 Å². The summed E-state index contributed by atoms with van der Waals surface area (Å²) in [5.41, 5.74) is 6.77. The molecule has 1 heterocycles. The minimum atomic E-state index is 0.541. The van der Waals surface area contributed by atoms with Crippen LogP contribution in [0.2, 0.25) is 0 Å². The van der Waals surface area contributed by atoms with Gasteiger partial charge in [-0.15, -0.1) is 0 Å². The fourth-order valence-electron chi connectivity index (χ4n) is 2.11. The summed E-state index contributed by atoms with van der Waals surface area (Å²) in [7, 11) is 0. The van der Waals surface area contributed by atoms with Gasteiger partial charge in [-0.1, -0.05) is 18.2 Å². The van der Waals surface area contributed by atoms with Crippen molar-refractivity contribution >= 4 is 11.8 Å². The minimum absolute atomic E-state index is 0.541. The second-order valence-electron chi connectivity index (χ2n) is 4.47. The van der Waals surface area contributed by atoms with Gasteiger partial charge in [-0.3, -0.25) is 0 Å². The summed E-state index contributed by atoms with van der Waals surface area (Å²) in [5, 5.41) is 0. The molecule has 1 fully saturated rings. The lowest BCUT2D eigenvalue weighted by atomic mass is 10.2. The Morgan fingerprint density at radius 2 is 2.00 bits per heavy atom. The van der Waals surface area contributed by atoms with E-state index in [0.717, 1.165) is 30.9 Å². The zero-order chi connectivity index (χ0) is 12.6. The maximum atomic E-state index is 5.81. The van der Waals surface area contributed by atoms with Gasteiger partial charge in [-0.05, 0) is 12.5 Å². The van der Waals surface area contributed by atoms with Gasteiger partial charge in [0.2, 0.25) is 0 Å². The van der Waals surface area contributed by atoms with Crippen molar-refractivity contribution in [2.75, 3.05) is 37.7 Å². The Balaban J connectivity index is 1.68. The van der Waals surface area contributed by atoms with E-state index in [2.05, 4.69) is 16.7 Å². The van der Waals surface area contributed by atoms with Crippen LogP contribution >= 0.6 is 11.8 Å². The number of ether oxygens (including phenoxy) is 1. The molecule has 1 aliphatic heterocycles. The lowest BCUT2D eigenvalue weighted by Gasteiger charge is -2.25. The average molecular weight is 266 g/mol. The monoisotopic (exact) mass is 266 g/mol. The van der Waals surface area contributed by atoms with E-state index in [9.17, 15) is 0 Å². The number of para-hydroxylation sites is 1. The molecule has 100 valence electrons. The molecule has 3 nitrogen and oxygen atoms in total. The highest BCUT2D eigenvalue weighted by molar-refractivity contribution is 7.99. The first-order chi connectivity index (χ1) is 8.90. The summed E-state index contributed by atoms with van der Waals surface area (Å²) >= 11 is 2.05. The molecule has 2 N–H and O–H groups in total. The molecule has 18 heavy (non-hydrogen) atoms. The van der Waals surface area contributed by atoms with Crippen molar-refractivity contribution < 1.29 is 4.74 Å². The Labute approximate surface area is 114 Å². The summed E-state index contributed by atoms with van der Waals surface area (Å²) in [6, 6.07) is 8.02. The standard InChI is InChI=1S/C14H22N2OS/c15-12-13-4-1-2-5-14(13)17-9-3-6-16-7-10-18-11-8-16/h1-2,4-5H,3,6-12,15H2. The normalized spacial score (nSPS) is 16.7. The molecule has 1 aliphatic rings. The third-order valence-corrected chi connectivity index (χ3v) is 4.11. The van der Waals surface area contributed by atoms with Crippen LogP contribution in [0, 0.1) is 0 Å². The van der Waals surface area contributed by atoms with Gasteiger partial charge in [0.25, 0.3) is 0 Å². The summed E-state index contributed by atoms with van der Waals surface area (Å²) in [6.45, 7) is 4.92. The van der Waals surface area contributed by atoms with Crippen LogP contribution in [0.5, 0.6) is 5.75 Å². The van der Waals surface area contributed by atoms with Gasteiger partial charge in [0.15, 0.2) is 0 Å². The smallest absolute Gasteiger partial charge is 0.123 e. The molecule has 1 saturated heterocycles. The Bertz CT molecular complexity index is 353. The molecule has 0 bridgehead atoms. The first kappa shape index (κ1) is 13.7. The molecule has 0 spiro atoms. The first-order valence-electron chi connectivity index (χ1n) is 6.61. The highest BCUT2D eigenvalue weighted by Gasteiger charge is 2.09. The maximum absolute atomic E-state index is 5.81. The molecule has 1 aromatic carbocycles. The van der Waals surface area contributed by atoms with Crippen molar-refractivity contribution in [2.45, 2.75) is 13.0 Å². The number of benzene rings is 1. The van der Waals surface area contributed by atoms with E-state index < -0.39 is 0 Å². The molecule has 4 heteroatoms. The molecular weight excluding hydrogens is 244 g/mol. The average Bonchev–Trinajstić information content (AvgIpc) is 2.45. The Hall–Kier alpha value is -0.710. The lowest BCUT2D eigenvalue weighted by molar-refractivity contribution is 0.247. The second kappa shape index (κ2) is 7.67. The van der Waals surface area contributed by atoms with E-state index in [-0.39, 0.29) is 0 Å². The van der Waals surface area contributed by atoms with Crippen molar-refractivity contribution in [3.63, 3.8) is 0 Å². The van der Waals surface area contributed by atoms with Crippen molar-refractivity contribution in [1.29, 1.82) is 0 Å². The van der Waals surface area contributed by atoms with Gasteiger partial charge < -0.3 is 15.4 Å². The third-order valence-electron chi connectivity index (χ3n) is 3.17. The number of rotatable bonds is 6. The highest BCUT2D eigenvalue weighted by atomic mass is 32.2. The van der Waals surface area contributed by atoms with Gasteiger partial charge in [0, 0.05) is 43.2 Å². The van der Waals surface area contributed by atoms with Gasteiger partial charge in [0.05, 0.1) is 6.61 Å². The van der Waals surface area contributed by atoms with E-state index in [0.29, 0.717) is 6.54 Å². The molecule has 0 aliphatic carbocycles. The fourth-order valence-corrected chi connectivity index (χ4v) is 3.09. The van der Waals surface area contributed by atoms with Crippen LogP contribution < -0.4 is 10.5 Å². The molecular formula is C14H22N2OS. The Morgan fingerprint density at radius 1 is 1.22 bits per heavy atom. The molecule has 0 amide bonds. The summed E-state index contributed by atoms with van der Waals surface area (Å²) in [6.07, 6.45) is 1.09. The van der Waals surface area contributed by atoms with Gasteiger partial charge >= 0.3 is 0 Å². The number of nitrogens with two attached hydrogens (primary N) is 1. The zero-order valence-corrected chi connectivity index (χ0v) is 11.6. The van der Waals surface area contributed by atoms with E-state index in [4.69, 9.17) is 10.5 Å². The Morgan fingerprint density at radius 3 is 2.78 bits per heavy atom. The molecule has 0 atom stereocenters. The van der Waals surface area contributed by atoms with Gasteiger partial charge in [-0.2, -0.15) is 11.8 Å². The molecule has 0 radical (unpaired) electrons. The molecule has 0 unspecified atom stereocenters. The van der Waals surface area contributed by atoms with Crippen LogP contribution in [0.25, 0.3) is 0 Å². The second-order valence-corrected chi connectivity index (χ2v) is 5.69. The van der Waals surface area contributed by atoms with Crippen LogP contribution in [0.4, 0.5) is 0 Å². The van der Waals surface area contributed by atoms with Crippen LogP contribution in [0.3, 0.4) is 0 Å². The van der Waals surface area contributed by atoms with Crippen molar-refractivity contribution in [3.05, 3.63) is 29.8 Å². The molecule has 0 aromatic heterocycles. The molecule has 2 rings (SSSR count). The van der Waals surface area contributed by atoms with E-state index >= 15 is 0 Å². The summed E-state index contributed by atoms with van der Waals surface area (Å²) in [4.78, 5) is 2.52. The third kappa shape index (κ3) is 4.19. The van der Waals surface area contributed by atoms with E-state index in [1.807, 2.05) is 24.3 Å². The van der Waals surface area contributed by atoms with Crippen molar-refractivity contribution in [1.82, 2.24) is 4.90 Å². The molecule has 1 aromatic rings. The summed E-state index contributed by atoms with van der Waals surface area (Å²) < 4.78 is 5.81. The van der Waals surface area contributed by atoms with Gasteiger partial charge in [0.1, 0.15) is 5.75 Å². The van der Waals surface area contributed by atoms with Crippen LogP contribution in [0.1, 0.15) is 12.0 Å². The zero-order valence-electron chi connectivity index (χ0n) is 10.8. The minimum Gasteiger partial charge on any atom is -0.493 e. The summed E-state index contributed by atoms with van der Waals surface area (Å²) in [5.74, 6) is 3.49. The largest absolute Gasteiger partial charge is 0.493 e. The predicted octanol–water partition coefficient (Wildman–Crippen LogP) is 1.96. The number of thioether (sulfide) groups is 1. The Kier molecular flexibility index (Phi) is 5.84. The van der Waals surface area contributed by atoms with Crippen LogP contribution in [-0.2, 0) is 6.54 Å². The number of hydrogen-bond donors (Lipinski definition) is 1. The van der Waals surface area contributed by atoms with Gasteiger partial charge in [-0.25, -0.2) is 0 Å². The van der Waals surface area contributed by atoms with E-state index in [1.54, 1.807) is 0 Å². The van der Waals surface area contributed by atoms with E-state index in [1.165, 1.54) is 24.6 Å². The van der Waals surface area contributed by atoms with Crippen LogP contribution in [-0.4, -0.2) is 42.6 Å². The number of nitrogens with zero attached hydrogens (tertiary/aromatic N) is 1.